The quantitative estimate of drug-likeness (QED) is 0.335. The lowest BCUT2D eigenvalue weighted by Crippen LogP contribution is -1.87. The molecular weight excluding hydrogens is 287 g/mol. The molecule has 0 N–H and O–H groups in total. The van der Waals surface area contributed by atoms with Crippen molar-refractivity contribution in [3.63, 3.8) is 0 Å². The smallest absolute Gasteiger partial charge is 0.288 e. The summed E-state index contributed by atoms with van der Waals surface area (Å²) in [6, 6.07) is 12.0. The highest BCUT2D eigenvalue weighted by Gasteiger charge is 2.04. The van der Waals surface area contributed by atoms with Gasteiger partial charge in [0.1, 0.15) is 0 Å². The molecule has 0 amide bonds. The Hall–Kier alpha value is -1.19. The minimum Gasteiger partial charge on any atom is -0.361 e. The maximum Gasteiger partial charge on any atom is 0.288 e. The number of fused-ring (bicyclic) bond motifs is 1. The molecule has 2 nitrogen and oxygen atoms in total. The molecule has 0 spiro atoms. The van der Waals surface area contributed by atoms with Crippen LogP contribution in [-0.2, 0) is 0 Å². The van der Waals surface area contributed by atoms with E-state index in [1.54, 1.807) is 0 Å². The van der Waals surface area contributed by atoms with Crippen molar-refractivity contribution in [1.29, 1.82) is 0 Å². The summed E-state index contributed by atoms with van der Waals surface area (Å²) in [7, 11) is 0. The van der Waals surface area contributed by atoms with Crippen LogP contribution in [0.2, 0.25) is 0 Å². The van der Waals surface area contributed by atoms with E-state index in [2.05, 4.69) is 27.4 Å². The van der Waals surface area contributed by atoms with Crippen molar-refractivity contribution in [2.75, 3.05) is 0 Å². The van der Waals surface area contributed by atoms with Gasteiger partial charge in [0.25, 0.3) is 6.21 Å². The van der Waals surface area contributed by atoms with Crippen LogP contribution in [0.1, 0.15) is 5.56 Å². The summed E-state index contributed by atoms with van der Waals surface area (Å²) >= 11 is 2.28. The molecule has 0 unspecified atom stereocenters. The summed E-state index contributed by atoms with van der Waals surface area (Å²) in [6.45, 7) is 0. The van der Waals surface area contributed by atoms with Crippen molar-refractivity contribution in [2.45, 2.75) is 0 Å². The third kappa shape index (κ3) is 1.56. The van der Waals surface area contributed by atoms with Crippen LogP contribution in [0.3, 0.4) is 0 Å². The van der Waals surface area contributed by atoms with Gasteiger partial charge in [-0.1, -0.05) is 24.3 Å². The van der Waals surface area contributed by atoms with Crippen LogP contribution in [0.4, 0.5) is 0 Å². The lowest BCUT2D eigenvalue weighted by atomic mass is 10.1. The van der Waals surface area contributed by atoms with Gasteiger partial charge in [-0.25, -0.2) is 0 Å². The van der Waals surface area contributed by atoms with E-state index in [0.29, 0.717) is 0 Å². The lowest BCUT2D eigenvalue weighted by Gasteiger charge is -2.01. The van der Waals surface area contributed by atoms with Crippen LogP contribution in [0.5, 0.6) is 0 Å². The van der Waals surface area contributed by atoms with Gasteiger partial charge in [0, 0.05) is 8.96 Å². The van der Waals surface area contributed by atoms with Gasteiger partial charge in [-0.2, -0.15) is 4.79 Å². The predicted octanol–water partition coefficient (Wildman–Crippen LogP) is 3.09. The first-order valence-corrected chi connectivity index (χ1v) is 5.25. The molecule has 0 atom stereocenters. The number of benzene rings is 2. The topological polar surface area (TPSA) is 36.4 Å². The minimum atomic E-state index is 0.940. The molecule has 0 aliphatic carbocycles. The van der Waals surface area contributed by atoms with E-state index in [0.717, 1.165) is 19.9 Å². The number of hydrogen-bond acceptors (Lipinski definition) is 0. The van der Waals surface area contributed by atoms with Gasteiger partial charge in [-0.15, -0.1) is 0 Å². The predicted molar refractivity (Wildman–Crippen MR) is 65.5 cm³/mol. The van der Waals surface area contributed by atoms with Crippen LogP contribution in [0, 0.1) is 3.57 Å². The van der Waals surface area contributed by atoms with Crippen molar-refractivity contribution < 1.29 is 4.79 Å². The molecule has 0 heterocycles. The third-order valence-electron chi connectivity index (χ3n) is 2.08. The highest BCUT2D eigenvalue weighted by molar-refractivity contribution is 14.1. The van der Waals surface area contributed by atoms with E-state index < -0.39 is 0 Å². The molecule has 0 aliphatic rings. The third-order valence-corrected chi connectivity index (χ3v) is 2.98. The normalized spacial score (nSPS) is 9.79. The fraction of sp³-hybridized carbons (Fsp3) is 0. The average molecular weight is 294 g/mol. The van der Waals surface area contributed by atoms with Crippen LogP contribution in [-0.4, -0.2) is 11.0 Å². The number of hydrogen-bond donors (Lipinski definition) is 0. The maximum atomic E-state index is 8.54. The first-order chi connectivity index (χ1) is 6.83. The number of nitrogens with zero attached hydrogens (tertiary/aromatic N) is 2. The zero-order chi connectivity index (χ0) is 9.97. The first-order valence-electron chi connectivity index (χ1n) is 4.17. The molecule has 0 aliphatic heterocycles. The zero-order valence-electron chi connectivity index (χ0n) is 7.31. The fourth-order valence-electron chi connectivity index (χ4n) is 1.49. The van der Waals surface area contributed by atoms with Crippen LogP contribution >= 0.6 is 22.6 Å². The molecule has 2 aromatic rings. The Morgan fingerprint density at radius 2 is 1.86 bits per heavy atom. The molecule has 14 heavy (non-hydrogen) atoms. The molecule has 0 bridgehead atoms. The average Bonchev–Trinajstić information content (AvgIpc) is 2.19. The second kappa shape index (κ2) is 3.90. The largest absolute Gasteiger partial charge is 0.361 e. The van der Waals surface area contributed by atoms with Crippen molar-refractivity contribution in [3.05, 3.63) is 51.1 Å². The Kier molecular flexibility index (Phi) is 2.61. The van der Waals surface area contributed by atoms with Crippen LogP contribution in [0.25, 0.3) is 16.3 Å². The fourth-order valence-corrected chi connectivity index (χ4v) is 2.32. The number of rotatable bonds is 1. The standard InChI is InChI=1S/C11H7IN2/c12-10-6-2-4-8-3-1-5-9(7-14-13)11(8)10/h1-7H. The summed E-state index contributed by atoms with van der Waals surface area (Å²) in [6.07, 6.45) is 1.46. The molecule has 2 rings (SSSR count). The Balaban J connectivity index is 2.90. The Bertz CT molecular complexity index is 523. The molecule has 2 aromatic carbocycles. The summed E-state index contributed by atoms with van der Waals surface area (Å²) in [5.41, 5.74) is 9.48. The summed E-state index contributed by atoms with van der Waals surface area (Å²) in [4.78, 5) is 3.07. The molecule has 0 fully saturated rings. The second-order valence-corrected chi connectivity index (χ2v) is 4.09. The molecule has 68 valence electrons. The second-order valence-electron chi connectivity index (χ2n) is 2.93. The molecule has 0 saturated carbocycles. The van der Waals surface area contributed by atoms with E-state index in [1.165, 1.54) is 6.21 Å². The van der Waals surface area contributed by atoms with Crippen molar-refractivity contribution >= 4 is 39.6 Å². The van der Waals surface area contributed by atoms with Gasteiger partial charge in [-0.05, 0) is 40.1 Å². The van der Waals surface area contributed by atoms with Crippen LogP contribution < -0.4 is 0 Å². The van der Waals surface area contributed by atoms with Gasteiger partial charge in [0.05, 0.1) is 5.56 Å². The van der Waals surface area contributed by atoms with Gasteiger partial charge in [0.2, 0.25) is 0 Å². The monoisotopic (exact) mass is 294 g/mol. The Morgan fingerprint density at radius 1 is 1.14 bits per heavy atom. The Labute approximate surface area is 95.3 Å². The zero-order valence-corrected chi connectivity index (χ0v) is 9.47. The van der Waals surface area contributed by atoms with Gasteiger partial charge in [0.15, 0.2) is 0 Å². The molecule has 3 heteroatoms. The van der Waals surface area contributed by atoms with Crippen molar-refractivity contribution in [2.24, 2.45) is 0 Å². The molecule has 0 radical (unpaired) electrons. The summed E-state index contributed by atoms with van der Waals surface area (Å²) in [5, 5.41) is 2.29. The molecular formula is C11H7IN2. The van der Waals surface area contributed by atoms with Crippen molar-refractivity contribution in [1.82, 2.24) is 0 Å². The SMILES string of the molecule is [N-]=[N+]=Cc1cccc2cccc(I)c12. The summed E-state index contributed by atoms with van der Waals surface area (Å²) in [5.74, 6) is 0. The van der Waals surface area contributed by atoms with E-state index in [9.17, 15) is 0 Å². The minimum absolute atomic E-state index is 0.940. The maximum absolute atomic E-state index is 8.54. The lowest BCUT2D eigenvalue weighted by molar-refractivity contribution is 0.00466. The van der Waals surface area contributed by atoms with Gasteiger partial charge >= 0.3 is 0 Å². The highest BCUT2D eigenvalue weighted by atomic mass is 127. The molecule has 0 aromatic heterocycles. The highest BCUT2D eigenvalue weighted by Crippen LogP contribution is 2.22. The van der Waals surface area contributed by atoms with E-state index in [1.807, 2.05) is 36.4 Å². The van der Waals surface area contributed by atoms with Crippen LogP contribution in [0.15, 0.2) is 36.4 Å². The number of halogens is 1. The first kappa shape index (κ1) is 9.37. The van der Waals surface area contributed by atoms with Gasteiger partial charge in [-0.3, -0.25) is 0 Å². The van der Waals surface area contributed by atoms with Crippen molar-refractivity contribution in [3.8, 4) is 0 Å². The van der Waals surface area contributed by atoms with E-state index >= 15 is 0 Å². The molecule has 0 saturated heterocycles. The Morgan fingerprint density at radius 3 is 2.57 bits per heavy atom. The van der Waals surface area contributed by atoms with E-state index in [-0.39, 0.29) is 0 Å². The van der Waals surface area contributed by atoms with Gasteiger partial charge < -0.3 is 5.53 Å². The van der Waals surface area contributed by atoms with E-state index in [4.69, 9.17) is 5.53 Å². The summed E-state index contributed by atoms with van der Waals surface area (Å²) < 4.78 is 1.16.